The van der Waals surface area contributed by atoms with E-state index < -0.39 is 0 Å². The van der Waals surface area contributed by atoms with Gasteiger partial charge in [-0.3, -0.25) is 9.59 Å². The second-order valence-corrected chi connectivity index (χ2v) is 4.58. The summed E-state index contributed by atoms with van der Waals surface area (Å²) in [6.07, 6.45) is 7.70. The normalized spacial score (nSPS) is 25.6. The molecule has 1 unspecified atom stereocenters. The minimum atomic E-state index is -0.0972. The summed E-state index contributed by atoms with van der Waals surface area (Å²) in [7, 11) is 0. The van der Waals surface area contributed by atoms with Gasteiger partial charge in [0, 0.05) is 19.4 Å². The van der Waals surface area contributed by atoms with Crippen LogP contribution in [-0.4, -0.2) is 24.5 Å². The van der Waals surface area contributed by atoms with Gasteiger partial charge in [-0.05, 0) is 32.1 Å². The van der Waals surface area contributed by atoms with E-state index in [-0.39, 0.29) is 18.0 Å². The molecule has 2 aliphatic heterocycles. The Morgan fingerprint density at radius 1 is 0.941 bits per heavy atom. The highest BCUT2D eigenvalue weighted by molar-refractivity contribution is 5.76. The van der Waals surface area contributed by atoms with Gasteiger partial charge in [0.2, 0.25) is 11.8 Å². The van der Waals surface area contributed by atoms with Crippen LogP contribution in [-0.2, 0) is 9.59 Å². The fraction of sp³-hybridized carbons (Fsp3) is 0.833. The van der Waals surface area contributed by atoms with Gasteiger partial charge in [-0.25, -0.2) is 0 Å². The minimum Gasteiger partial charge on any atom is -0.356 e. The molecule has 5 nitrogen and oxygen atoms in total. The van der Waals surface area contributed by atoms with Crippen LogP contribution in [0, 0.1) is 0 Å². The molecule has 0 radical (unpaired) electrons. The predicted molar refractivity (Wildman–Crippen MR) is 66.1 cm³/mol. The van der Waals surface area contributed by atoms with E-state index in [4.69, 9.17) is 5.73 Å². The van der Waals surface area contributed by atoms with Gasteiger partial charge in [0.15, 0.2) is 0 Å². The molecule has 2 heterocycles. The third-order valence-electron chi connectivity index (χ3n) is 2.92. The van der Waals surface area contributed by atoms with E-state index in [0.29, 0.717) is 6.42 Å². The summed E-state index contributed by atoms with van der Waals surface area (Å²) in [4.78, 5) is 21.3. The Hall–Kier alpha value is -1.10. The predicted octanol–water partition coefficient (Wildman–Crippen LogP) is 0.638. The zero-order chi connectivity index (χ0) is 12.5. The zero-order valence-electron chi connectivity index (χ0n) is 10.3. The lowest BCUT2D eigenvalue weighted by molar-refractivity contribution is -0.122. The van der Waals surface area contributed by atoms with Crippen molar-refractivity contribution in [2.24, 2.45) is 5.73 Å². The molecular weight excluding hydrogens is 218 g/mol. The molecule has 0 aromatic rings. The molecule has 2 amide bonds. The van der Waals surface area contributed by atoms with Crippen molar-refractivity contribution in [1.82, 2.24) is 10.6 Å². The lowest BCUT2D eigenvalue weighted by atomic mass is 10.2. The van der Waals surface area contributed by atoms with Crippen LogP contribution in [0.5, 0.6) is 0 Å². The number of hydrogen-bond donors (Lipinski definition) is 3. The van der Waals surface area contributed by atoms with Crippen LogP contribution in [0.1, 0.15) is 51.4 Å². The largest absolute Gasteiger partial charge is 0.356 e. The summed E-state index contributed by atoms with van der Waals surface area (Å²) in [5.74, 6) is 0.322. The van der Waals surface area contributed by atoms with E-state index in [1.807, 2.05) is 0 Å². The monoisotopic (exact) mass is 241 g/mol. The van der Waals surface area contributed by atoms with Crippen LogP contribution >= 0.6 is 0 Å². The molecule has 2 saturated heterocycles. The van der Waals surface area contributed by atoms with E-state index in [2.05, 4.69) is 10.6 Å². The number of hydrogen-bond acceptors (Lipinski definition) is 3. The molecule has 4 N–H and O–H groups in total. The molecule has 0 aromatic carbocycles. The smallest absolute Gasteiger partial charge is 0.221 e. The number of carbonyl (C=O) groups excluding carboxylic acids is 2. The second-order valence-electron chi connectivity index (χ2n) is 4.58. The summed E-state index contributed by atoms with van der Waals surface area (Å²) in [6, 6.07) is 0. The van der Waals surface area contributed by atoms with Gasteiger partial charge >= 0.3 is 0 Å². The summed E-state index contributed by atoms with van der Waals surface area (Å²) in [6.45, 7) is 0.888. The Balaban J connectivity index is 0.000000171. The van der Waals surface area contributed by atoms with Crippen LogP contribution in [0.15, 0.2) is 0 Å². The second kappa shape index (κ2) is 8.06. The topological polar surface area (TPSA) is 84.2 Å². The molecule has 0 bridgehead atoms. The highest BCUT2D eigenvalue weighted by Gasteiger charge is 2.11. The number of amides is 2. The Morgan fingerprint density at radius 2 is 1.65 bits per heavy atom. The zero-order valence-corrected chi connectivity index (χ0v) is 10.3. The maximum Gasteiger partial charge on any atom is 0.221 e. The van der Waals surface area contributed by atoms with Gasteiger partial charge < -0.3 is 16.4 Å². The Bertz CT molecular complexity index is 246. The Kier molecular flexibility index (Phi) is 6.62. The first kappa shape index (κ1) is 14.0. The Labute approximate surface area is 103 Å². The molecule has 0 saturated carbocycles. The molecule has 1 atom stereocenters. The van der Waals surface area contributed by atoms with Crippen molar-refractivity contribution >= 4 is 11.8 Å². The van der Waals surface area contributed by atoms with Crippen LogP contribution < -0.4 is 16.4 Å². The number of nitrogens with one attached hydrogen (secondary N) is 2. The Morgan fingerprint density at radius 3 is 2.47 bits per heavy atom. The van der Waals surface area contributed by atoms with Gasteiger partial charge in [0.05, 0.1) is 6.17 Å². The number of rotatable bonds is 0. The highest BCUT2D eigenvalue weighted by atomic mass is 16.2. The van der Waals surface area contributed by atoms with Crippen molar-refractivity contribution in [2.75, 3.05) is 6.54 Å². The maximum atomic E-state index is 10.7. The lowest BCUT2D eigenvalue weighted by Crippen LogP contribution is -2.39. The van der Waals surface area contributed by atoms with Gasteiger partial charge in [-0.15, -0.1) is 0 Å². The standard InChI is InChI=1S/C6H12N2O.C6H11NO/c7-5-3-1-2-4-6(9)8-5;8-6-4-2-1-3-5-7-6/h5H,1-4,7H2,(H,8,9);1-5H2,(H,7,8). The van der Waals surface area contributed by atoms with E-state index in [1.165, 1.54) is 6.42 Å². The third kappa shape index (κ3) is 6.94. The maximum absolute atomic E-state index is 10.7. The van der Waals surface area contributed by atoms with Crippen LogP contribution in [0.4, 0.5) is 0 Å². The van der Waals surface area contributed by atoms with Gasteiger partial charge in [0.25, 0.3) is 0 Å². The number of nitrogens with two attached hydrogens (primary N) is 1. The first-order chi connectivity index (χ1) is 8.18. The first-order valence-electron chi connectivity index (χ1n) is 6.50. The third-order valence-corrected chi connectivity index (χ3v) is 2.92. The molecule has 2 aliphatic rings. The molecule has 17 heavy (non-hydrogen) atoms. The van der Waals surface area contributed by atoms with Crippen LogP contribution in [0.3, 0.4) is 0 Å². The van der Waals surface area contributed by atoms with Crippen molar-refractivity contribution in [2.45, 2.75) is 57.5 Å². The van der Waals surface area contributed by atoms with E-state index >= 15 is 0 Å². The van der Waals surface area contributed by atoms with Gasteiger partial charge in [0.1, 0.15) is 0 Å². The lowest BCUT2D eigenvalue weighted by Gasteiger charge is -2.07. The molecular formula is C12H23N3O2. The first-order valence-corrected chi connectivity index (χ1v) is 6.50. The van der Waals surface area contributed by atoms with Crippen LogP contribution in [0.2, 0.25) is 0 Å². The molecule has 0 aliphatic carbocycles. The van der Waals surface area contributed by atoms with Crippen molar-refractivity contribution in [3.8, 4) is 0 Å². The summed E-state index contributed by atoms with van der Waals surface area (Å²) >= 11 is 0. The molecule has 5 heteroatoms. The molecule has 0 aromatic heterocycles. The SMILES string of the molecule is NC1CCCCC(=O)N1.O=C1CCCCCN1. The van der Waals surface area contributed by atoms with Crippen molar-refractivity contribution in [3.63, 3.8) is 0 Å². The average Bonchev–Trinajstić information content (AvgIpc) is 2.62. The molecule has 2 fully saturated rings. The van der Waals surface area contributed by atoms with Crippen molar-refractivity contribution < 1.29 is 9.59 Å². The van der Waals surface area contributed by atoms with Gasteiger partial charge in [-0.1, -0.05) is 6.42 Å². The molecule has 2 rings (SSSR count). The molecule has 0 spiro atoms. The van der Waals surface area contributed by atoms with Crippen molar-refractivity contribution in [1.29, 1.82) is 0 Å². The molecule has 98 valence electrons. The van der Waals surface area contributed by atoms with Crippen LogP contribution in [0.25, 0.3) is 0 Å². The summed E-state index contributed by atoms with van der Waals surface area (Å²) < 4.78 is 0. The number of carbonyl (C=O) groups is 2. The van der Waals surface area contributed by atoms with E-state index in [9.17, 15) is 9.59 Å². The van der Waals surface area contributed by atoms with E-state index in [0.717, 1.165) is 45.1 Å². The minimum absolute atomic E-state index is 0.0972. The average molecular weight is 241 g/mol. The summed E-state index contributed by atoms with van der Waals surface area (Å²) in [5, 5.41) is 5.49. The fourth-order valence-corrected chi connectivity index (χ4v) is 1.90. The summed E-state index contributed by atoms with van der Waals surface area (Å²) in [5.41, 5.74) is 5.49. The highest BCUT2D eigenvalue weighted by Crippen LogP contribution is 2.05. The quantitative estimate of drug-likeness (QED) is 0.582. The van der Waals surface area contributed by atoms with Crippen molar-refractivity contribution in [3.05, 3.63) is 0 Å². The van der Waals surface area contributed by atoms with Gasteiger partial charge in [-0.2, -0.15) is 0 Å². The van der Waals surface area contributed by atoms with E-state index in [1.54, 1.807) is 0 Å². The fourth-order valence-electron chi connectivity index (χ4n) is 1.90.